The fourth-order valence-electron chi connectivity index (χ4n) is 1.38. The van der Waals surface area contributed by atoms with Gasteiger partial charge >= 0.3 is 0 Å². The number of hydrogen-bond acceptors (Lipinski definition) is 1. The maximum absolute atomic E-state index is 6.50. The Balaban J connectivity index is 4.36. The Morgan fingerprint density at radius 1 is 0.692 bits per heavy atom. The lowest BCUT2D eigenvalue weighted by atomic mass is 10.9. The molecule has 0 aliphatic rings. The van der Waals surface area contributed by atoms with Crippen molar-refractivity contribution in [3.63, 3.8) is 0 Å². The molecular formula is C10H26OSi2. The first-order valence-electron chi connectivity index (χ1n) is 5.65. The Morgan fingerprint density at radius 3 is 1.08 bits per heavy atom. The Hall–Kier alpha value is 0.394. The minimum absolute atomic E-state index is 1.27. The molecule has 3 heteroatoms. The van der Waals surface area contributed by atoms with Crippen molar-refractivity contribution in [1.29, 1.82) is 0 Å². The summed E-state index contributed by atoms with van der Waals surface area (Å²) in [6.07, 6.45) is 0. The number of hydrogen-bond donors (Lipinski definition) is 0. The first-order valence-corrected chi connectivity index (χ1v) is 11.3. The third-order valence-electron chi connectivity index (χ3n) is 3.48. The maximum Gasteiger partial charge on any atom is 0.176 e. The molecule has 0 N–H and O–H groups in total. The van der Waals surface area contributed by atoms with E-state index >= 15 is 0 Å². The summed E-state index contributed by atoms with van der Waals surface area (Å²) in [6.45, 7) is 13.9. The quantitative estimate of drug-likeness (QED) is 0.606. The summed E-state index contributed by atoms with van der Waals surface area (Å²) >= 11 is 0. The Labute approximate surface area is 86.1 Å². The predicted molar refractivity (Wildman–Crippen MR) is 66.2 cm³/mol. The van der Waals surface area contributed by atoms with Crippen LogP contribution in [0.4, 0.5) is 0 Å². The molecular weight excluding hydrogens is 192 g/mol. The van der Waals surface area contributed by atoms with Gasteiger partial charge in [-0.1, -0.05) is 27.7 Å². The lowest BCUT2D eigenvalue weighted by molar-refractivity contribution is 0.525. The monoisotopic (exact) mass is 218 g/mol. The van der Waals surface area contributed by atoms with Crippen LogP contribution in [0.1, 0.15) is 27.7 Å². The molecule has 0 heterocycles. The van der Waals surface area contributed by atoms with Gasteiger partial charge in [0.15, 0.2) is 16.6 Å². The molecule has 0 saturated carbocycles. The van der Waals surface area contributed by atoms with Crippen molar-refractivity contribution in [3.05, 3.63) is 0 Å². The van der Waals surface area contributed by atoms with Crippen molar-refractivity contribution in [2.75, 3.05) is 0 Å². The smallest absolute Gasteiger partial charge is 0.176 e. The van der Waals surface area contributed by atoms with Gasteiger partial charge in [0.1, 0.15) is 0 Å². The molecule has 0 radical (unpaired) electrons. The molecule has 0 aromatic heterocycles. The van der Waals surface area contributed by atoms with Crippen LogP contribution < -0.4 is 0 Å². The Morgan fingerprint density at radius 2 is 0.923 bits per heavy atom. The molecule has 0 saturated heterocycles. The van der Waals surface area contributed by atoms with Crippen molar-refractivity contribution in [2.45, 2.75) is 65.0 Å². The second kappa shape index (κ2) is 5.32. The molecule has 0 aliphatic heterocycles. The van der Waals surface area contributed by atoms with Gasteiger partial charge in [0.05, 0.1) is 0 Å². The minimum atomic E-state index is -1.31. The van der Waals surface area contributed by atoms with E-state index in [0.717, 1.165) is 0 Å². The van der Waals surface area contributed by atoms with E-state index in [1.807, 2.05) is 0 Å². The topological polar surface area (TPSA) is 9.23 Å². The highest BCUT2D eigenvalue weighted by atomic mass is 28.4. The molecule has 0 aromatic rings. The van der Waals surface area contributed by atoms with Gasteiger partial charge in [0, 0.05) is 0 Å². The van der Waals surface area contributed by atoms with Crippen LogP contribution in [0.25, 0.3) is 0 Å². The lowest BCUT2D eigenvalue weighted by Gasteiger charge is -2.36. The Bertz CT molecular complexity index is 124. The fourth-order valence-corrected chi connectivity index (χ4v) is 9.45. The van der Waals surface area contributed by atoms with Gasteiger partial charge in [0.2, 0.25) is 0 Å². The van der Waals surface area contributed by atoms with E-state index in [-0.39, 0.29) is 0 Å². The van der Waals surface area contributed by atoms with Gasteiger partial charge in [-0.3, -0.25) is 0 Å². The third-order valence-corrected chi connectivity index (χ3v) is 13.4. The molecule has 0 fully saturated rings. The first-order chi connectivity index (χ1) is 5.95. The standard InChI is InChI=1S/C10H26OSi2/c1-7-12(5,8-2)11-13(6,9-3)10-4/h7-10H2,1-6H3. The summed E-state index contributed by atoms with van der Waals surface area (Å²) in [5.74, 6) is 0. The molecule has 1 nitrogen and oxygen atoms in total. The molecule has 0 aromatic carbocycles. The summed E-state index contributed by atoms with van der Waals surface area (Å²) in [7, 11) is -2.63. The predicted octanol–water partition coefficient (Wildman–Crippen LogP) is 4.23. The van der Waals surface area contributed by atoms with Crippen LogP contribution in [0.3, 0.4) is 0 Å². The normalized spacial score (nSPS) is 13.4. The molecule has 0 bridgehead atoms. The van der Waals surface area contributed by atoms with Crippen LogP contribution in [0.2, 0.25) is 37.3 Å². The minimum Gasteiger partial charge on any atom is -0.455 e. The van der Waals surface area contributed by atoms with Crippen molar-refractivity contribution in [3.8, 4) is 0 Å². The largest absolute Gasteiger partial charge is 0.455 e. The van der Waals surface area contributed by atoms with Crippen molar-refractivity contribution < 1.29 is 4.12 Å². The third kappa shape index (κ3) is 3.96. The number of rotatable bonds is 6. The maximum atomic E-state index is 6.50. The van der Waals surface area contributed by atoms with Crippen LogP contribution in [-0.4, -0.2) is 16.6 Å². The van der Waals surface area contributed by atoms with E-state index in [9.17, 15) is 0 Å². The highest BCUT2D eigenvalue weighted by molar-refractivity contribution is 6.85. The van der Waals surface area contributed by atoms with Crippen molar-refractivity contribution >= 4 is 16.6 Å². The van der Waals surface area contributed by atoms with Gasteiger partial charge in [-0.15, -0.1) is 0 Å². The van der Waals surface area contributed by atoms with Gasteiger partial charge in [0.25, 0.3) is 0 Å². The summed E-state index contributed by atoms with van der Waals surface area (Å²) in [5.41, 5.74) is 0. The highest BCUT2D eigenvalue weighted by Crippen LogP contribution is 2.26. The van der Waals surface area contributed by atoms with E-state index in [2.05, 4.69) is 40.8 Å². The summed E-state index contributed by atoms with van der Waals surface area (Å²) in [4.78, 5) is 0. The van der Waals surface area contributed by atoms with Crippen LogP contribution in [-0.2, 0) is 4.12 Å². The summed E-state index contributed by atoms with van der Waals surface area (Å²) in [6, 6.07) is 5.08. The van der Waals surface area contributed by atoms with E-state index in [1.165, 1.54) is 24.2 Å². The van der Waals surface area contributed by atoms with Crippen LogP contribution in [0, 0.1) is 0 Å². The molecule has 0 rings (SSSR count). The van der Waals surface area contributed by atoms with Crippen molar-refractivity contribution in [1.82, 2.24) is 0 Å². The van der Waals surface area contributed by atoms with E-state index < -0.39 is 16.6 Å². The first kappa shape index (κ1) is 13.4. The second-order valence-corrected chi connectivity index (χ2v) is 13.9. The average Bonchev–Trinajstić information content (AvgIpc) is 2.17. The fraction of sp³-hybridized carbons (Fsp3) is 1.00. The molecule has 13 heavy (non-hydrogen) atoms. The van der Waals surface area contributed by atoms with Gasteiger partial charge in [-0.2, -0.15) is 0 Å². The average molecular weight is 218 g/mol. The van der Waals surface area contributed by atoms with Crippen molar-refractivity contribution in [2.24, 2.45) is 0 Å². The second-order valence-electron chi connectivity index (χ2n) is 4.42. The summed E-state index contributed by atoms with van der Waals surface area (Å²) < 4.78 is 6.50. The zero-order valence-electron chi connectivity index (χ0n) is 10.2. The van der Waals surface area contributed by atoms with Gasteiger partial charge in [-0.05, 0) is 37.3 Å². The SMILES string of the molecule is CC[Si](C)(CC)O[Si](C)(CC)CC. The van der Waals surface area contributed by atoms with Gasteiger partial charge < -0.3 is 4.12 Å². The van der Waals surface area contributed by atoms with E-state index in [4.69, 9.17) is 4.12 Å². The molecule has 0 unspecified atom stereocenters. The molecule has 0 amide bonds. The van der Waals surface area contributed by atoms with Crippen LogP contribution in [0.15, 0.2) is 0 Å². The van der Waals surface area contributed by atoms with Crippen LogP contribution >= 0.6 is 0 Å². The van der Waals surface area contributed by atoms with E-state index in [1.54, 1.807) is 0 Å². The summed E-state index contributed by atoms with van der Waals surface area (Å²) in [5, 5.41) is 0. The zero-order valence-corrected chi connectivity index (χ0v) is 12.2. The molecule has 0 spiro atoms. The van der Waals surface area contributed by atoms with Crippen LogP contribution in [0.5, 0.6) is 0 Å². The molecule has 0 aliphatic carbocycles. The lowest BCUT2D eigenvalue weighted by Crippen LogP contribution is -2.46. The van der Waals surface area contributed by atoms with E-state index in [0.29, 0.717) is 0 Å². The van der Waals surface area contributed by atoms with Gasteiger partial charge in [-0.25, -0.2) is 0 Å². The zero-order chi connectivity index (χ0) is 10.5. The Kier molecular flexibility index (Phi) is 5.48. The highest BCUT2D eigenvalue weighted by Gasteiger charge is 2.34. The molecule has 0 atom stereocenters. The molecule has 80 valence electrons.